The Morgan fingerprint density at radius 3 is 2.36 bits per heavy atom. The van der Waals surface area contributed by atoms with E-state index in [0.717, 1.165) is 31.2 Å². The van der Waals surface area contributed by atoms with Crippen LogP contribution in [-0.2, 0) is 14.3 Å². The molecule has 2 fully saturated rings. The van der Waals surface area contributed by atoms with Crippen LogP contribution in [0.15, 0.2) is 18.2 Å². The molecule has 0 spiro atoms. The van der Waals surface area contributed by atoms with E-state index in [9.17, 15) is 9.59 Å². The molecule has 0 N–H and O–H groups in total. The minimum absolute atomic E-state index is 0.0187. The van der Waals surface area contributed by atoms with Crippen LogP contribution < -0.4 is 9.47 Å². The number of hydrogen-bond donors (Lipinski definition) is 0. The van der Waals surface area contributed by atoms with Crippen LogP contribution >= 0.6 is 0 Å². The summed E-state index contributed by atoms with van der Waals surface area (Å²) in [5.74, 6) is 1.08. The van der Waals surface area contributed by atoms with Gasteiger partial charge >= 0.3 is 0 Å². The van der Waals surface area contributed by atoms with Crippen LogP contribution in [0.4, 0.5) is 0 Å². The molecule has 1 saturated heterocycles. The van der Waals surface area contributed by atoms with E-state index in [1.807, 2.05) is 6.07 Å². The predicted octanol–water partition coefficient (Wildman–Crippen LogP) is 2.39. The Hall–Kier alpha value is -2.28. The molecular weight excluding hydrogens is 360 g/mol. The zero-order valence-corrected chi connectivity index (χ0v) is 17.0. The Bertz CT molecular complexity index is 702. The summed E-state index contributed by atoms with van der Waals surface area (Å²) in [4.78, 5) is 29.9. The Morgan fingerprint density at radius 1 is 1.00 bits per heavy atom. The number of rotatable bonds is 7. The third kappa shape index (κ3) is 4.09. The van der Waals surface area contributed by atoms with Crippen LogP contribution in [0.5, 0.6) is 11.5 Å². The van der Waals surface area contributed by atoms with Crippen LogP contribution in [-0.4, -0.2) is 68.7 Å². The fourth-order valence-corrected chi connectivity index (χ4v) is 4.24. The number of benzene rings is 1. The van der Waals surface area contributed by atoms with Crippen LogP contribution in [0, 0.1) is 0 Å². The first-order chi connectivity index (χ1) is 13.6. The van der Waals surface area contributed by atoms with Gasteiger partial charge in [-0.1, -0.05) is 25.3 Å². The monoisotopic (exact) mass is 390 g/mol. The van der Waals surface area contributed by atoms with E-state index in [-0.39, 0.29) is 24.4 Å². The molecule has 0 radical (unpaired) electrons. The van der Waals surface area contributed by atoms with Crippen LogP contribution in [0.25, 0.3) is 0 Å². The maximum absolute atomic E-state index is 13.5. The molecule has 0 bridgehead atoms. The molecule has 154 valence electrons. The summed E-state index contributed by atoms with van der Waals surface area (Å²) in [7, 11) is 4.73. The highest BCUT2D eigenvalue weighted by Crippen LogP contribution is 2.36. The van der Waals surface area contributed by atoms with Crippen molar-refractivity contribution in [3.8, 4) is 11.5 Å². The molecule has 28 heavy (non-hydrogen) atoms. The Morgan fingerprint density at radius 2 is 1.71 bits per heavy atom. The maximum atomic E-state index is 13.5. The van der Waals surface area contributed by atoms with E-state index in [1.165, 1.54) is 6.42 Å². The smallest absolute Gasteiger partial charge is 0.250 e. The Labute approximate surface area is 166 Å². The fourth-order valence-electron chi connectivity index (χ4n) is 4.24. The quantitative estimate of drug-likeness (QED) is 0.715. The summed E-state index contributed by atoms with van der Waals surface area (Å²) in [6.07, 6.45) is 5.35. The van der Waals surface area contributed by atoms with Gasteiger partial charge in [0.25, 0.3) is 5.91 Å². The van der Waals surface area contributed by atoms with E-state index >= 15 is 0 Å². The summed E-state index contributed by atoms with van der Waals surface area (Å²) < 4.78 is 15.9. The molecule has 0 aromatic heterocycles. The molecule has 2 aliphatic rings. The van der Waals surface area contributed by atoms with Crippen molar-refractivity contribution in [2.24, 2.45) is 0 Å². The highest BCUT2D eigenvalue weighted by Gasteiger charge is 2.43. The average molecular weight is 390 g/mol. The SMILES string of the molecule is COCCN1C(=O)CN(C2CCCCC2)C(=O)[C@H]1c1ccc(OC)c(OC)c1. The number of piperazine rings is 1. The zero-order chi connectivity index (χ0) is 20.1. The highest BCUT2D eigenvalue weighted by molar-refractivity contribution is 5.96. The topological polar surface area (TPSA) is 68.3 Å². The van der Waals surface area contributed by atoms with Crippen molar-refractivity contribution in [3.05, 3.63) is 23.8 Å². The zero-order valence-electron chi connectivity index (χ0n) is 17.0. The highest BCUT2D eigenvalue weighted by atomic mass is 16.5. The normalized spacial score (nSPS) is 21.2. The number of methoxy groups -OCH3 is 3. The standard InChI is InChI=1S/C21H30N2O5/c1-26-12-11-22-19(24)14-23(16-7-5-4-6-8-16)21(25)20(22)15-9-10-17(27-2)18(13-15)28-3/h9-10,13,16,20H,4-8,11-12,14H2,1-3H3/t20-/m1/s1. The van der Waals surface area contributed by atoms with Gasteiger partial charge < -0.3 is 24.0 Å². The number of carbonyl (C=O) groups excluding carboxylic acids is 2. The van der Waals surface area contributed by atoms with E-state index in [4.69, 9.17) is 14.2 Å². The molecule has 1 saturated carbocycles. The lowest BCUT2D eigenvalue weighted by Crippen LogP contribution is -2.59. The van der Waals surface area contributed by atoms with Gasteiger partial charge in [-0.3, -0.25) is 9.59 Å². The van der Waals surface area contributed by atoms with Crippen molar-refractivity contribution in [1.82, 2.24) is 9.80 Å². The summed E-state index contributed by atoms with van der Waals surface area (Å²) in [5.41, 5.74) is 0.729. The summed E-state index contributed by atoms with van der Waals surface area (Å²) >= 11 is 0. The van der Waals surface area contributed by atoms with Crippen LogP contribution in [0.1, 0.15) is 43.7 Å². The van der Waals surface area contributed by atoms with Gasteiger partial charge in [0.1, 0.15) is 12.6 Å². The lowest BCUT2D eigenvalue weighted by Gasteiger charge is -2.44. The van der Waals surface area contributed by atoms with E-state index in [0.29, 0.717) is 24.7 Å². The number of hydrogen-bond acceptors (Lipinski definition) is 5. The number of amides is 2. The van der Waals surface area contributed by atoms with Gasteiger partial charge in [-0.15, -0.1) is 0 Å². The van der Waals surface area contributed by atoms with Gasteiger partial charge in [0.05, 0.1) is 20.8 Å². The molecule has 2 amide bonds. The van der Waals surface area contributed by atoms with Crippen molar-refractivity contribution in [2.75, 3.05) is 41.0 Å². The second kappa shape index (κ2) is 9.28. The minimum Gasteiger partial charge on any atom is -0.493 e. The van der Waals surface area contributed by atoms with Gasteiger partial charge in [0, 0.05) is 19.7 Å². The first-order valence-electron chi connectivity index (χ1n) is 9.91. The van der Waals surface area contributed by atoms with E-state index < -0.39 is 6.04 Å². The van der Waals surface area contributed by atoms with Crippen molar-refractivity contribution in [1.29, 1.82) is 0 Å². The number of nitrogens with zero attached hydrogens (tertiary/aromatic N) is 2. The predicted molar refractivity (Wildman–Crippen MR) is 104 cm³/mol. The molecule has 7 nitrogen and oxygen atoms in total. The molecule has 1 aromatic carbocycles. The third-order valence-corrected chi connectivity index (χ3v) is 5.73. The second-order valence-corrected chi connectivity index (χ2v) is 7.35. The Kier molecular flexibility index (Phi) is 6.78. The number of carbonyl (C=O) groups is 2. The van der Waals surface area contributed by atoms with Crippen LogP contribution in [0.3, 0.4) is 0 Å². The average Bonchev–Trinajstić information content (AvgIpc) is 2.74. The van der Waals surface area contributed by atoms with Crippen molar-refractivity contribution >= 4 is 11.8 Å². The van der Waals surface area contributed by atoms with Crippen molar-refractivity contribution in [2.45, 2.75) is 44.2 Å². The molecule has 0 unspecified atom stereocenters. The minimum atomic E-state index is -0.668. The number of ether oxygens (including phenoxy) is 3. The van der Waals surface area contributed by atoms with E-state index in [1.54, 1.807) is 43.3 Å². The molecule has 1 aliphatic heterocycles. The van der Waals surface area contributed by atoms with Gasteiger partial charge in [0.2, 0.25) is 5.91 Å². The van der Waals surface area contributed by atoms with E-state index in [2.05, 4.69) is 0 Å². The first kappa shape index (κ1) is 20.5. The molecule has 7 heteroatoms. The Balaban J connectivity index is 1.95. The molecule has 3 rings (SSSR count). The largest absolute Gasteiger partial charge is 0.493 e. The first-order valence-corrected chi connectivity index (χ1v) is 9.91. The fraction of sp³-hybridized carbons (Fsp3) is 0.619. The van der Waals surface area contributed by atoms with Gasteiger partial charge in [-0.2, -0.15) is 0 Å². The maximum Gasteiger partial charge on any atom is 0.250 e. The molecular formula is C21H30N2O5. The molecule has 1 atom stereocenters. The summed E-state index contributed by atoms with van der Waals surface area (Å²) in [6.45, 7) is 0.905. The second-order valence-electron chi connectivity index (χ2n) is 7.35. The summed E-state index contributed by atoms with van der Waals surface area (Å²) in [5, 5.41) is 0. The van der Waals surface area contributed by atoms with Gasteiger partial charge in [-0.25, -0.2) is 0 Å². The molecule has 1 aromatic rings. The lowest BCUT2D eigenvalue weighted by atomic mass is 9.91. The summed E-state index contributed by atoms with van der Waals surface area (Å²) in [6, 6.07) is 4.88. The van der Waals surface area contributed by atoms with Gasteiger partial charge in [0.15, 0.2) is 11.5 Å². The van der Waals surface area contributed by atoms with Crippen molar-refractivity contribution < 1.29 is 23.8 Å². The lowest BCUT2D eigenvalue weighted by molar-refractivity contribution is -0.159. The molecule has 1 aliphatic carbocycles. The molecule has 1 heterocycles. The van der Waals surface area contributed by atoms with Crippen molar-refractivity contribution in [3.63, 3.8) is 0 Å². The van der Waals surface area contributed by atoms with Gasteiger partial charge in [-0.05, 0) is 30.5 Å². The third-order valence-electron chi connectivity index (χ3n) is 5.73. The van der Waals surface area contributed by atoms with Crippen LogP contribution in [0.2, 0.25) is 0 Å².